The SMILES string of the molecule is Cc1c(-c2ccccc2)c(N)[nH]c(=O)c1C#N. The fourth-order valence-corrected chi connectivity index (χ4v) is 1.86. The van der Waals surface area contributed by atoms with E-state index in [2.05, 4.69) is 4.98 Å². The predicted molar refractivity (Wildman–Crippen MR) is 66.4 cm³/mol. The van der Waals surface area contributed by atoms with Crippen molar-refractivity contribution in [1.82, 2.24) is 4.98 Å². The second kappa shape index (κ2) is 4.14. The summed E-state index contributed by atoms with van der Waals surface area (Å²) < 4.78 is 0. The van der Waals surface area contributed by atoms with Gasteiger partial charge in [0.25, 0.3) is 5.56 Å². The van der Waals surface area contributed by atoms with E-state index in [0.29, 0.717) is 11.1 Å². The molecule has 0 atom stereocenters. The molecule has 4 heteroatoms. The third-order valence-electron chi connectivity index (χ3n) is 2.67. The zero-order valence-corrected chi connectivity index (χ0v) is 9.32. The summed E-state index contributed by atoms with van der Waals surface area (Å²) >= 11 is 0. The van der Waals surface area contributed by atoms with Crippen LogP contribution in [0, 0.1) is 18.3 Å². The summed E-state index contributed by atoms with van der Waals surface area (Å²) in [5, 5.41) is 8.95. The number of rotatable bonds is 1. The average Bonchev–Trinajstić information content (AvgIpc) is 2.30. The number of hydrogen-bond donors (Lipinski definition) is 2. The van der Waals surface area contributed by atoms with Crippen molar-refractivity contribution in [3.8, 4) is 17.2 Å². The van der Waals surface area contributed by atoms with Gasteiger partial charge in [-0.2, -0.15) is 5.26 Å². The maximum absolute atomic E-state index is 11.5. The van der Waals surface area contributed by atoms with E-state index >= 15 is 0 Å². The third kappa shape index (κ3) is 1.79. The monoisotopic (exact) mass is 225 g/mol. The van der Waals surface area contributed by atoms with E-state index in [-0.39, 0.29) is 11.4 Å². The molecule has 0 bridgehead atoms. The van der Waals surface area contributed by atoms with Gasteiger partial charge in [-0.3, -0.25) is 4.79 Å². The molecule has 84 valence electrons. The molecule has 1 aromatic heterocycles. The Morgan fingerprint density at radius 2 is 1.94 bits per heavy atom. The van der Waals surface area contributed by atoms with Gasteiger partial charge >= 0.3 is 0 Å². The Balaban J connectivity index is 2.81. The van der Waals surface area contributed by atoms with Gasteiger partial charge in [-0.15, -0.1) is 0 Å². The van der Waals surface area contributed by atoms with Gasteiger partial charge in [-0.05, 0) is 18.1 Å². The van der Waals surface area contributed by atoms with E-state index in [1.807, 2.05) is 36.4 Å². The fourth-order valence-electron chi connectivity index (χ4n) is 1.86. The largest absolute Gasteiger partial charge is 0.385 e. The van der Waals surface area contributed by atoms with Crippen molar-refractivity contribution in [3.63, 3.8) is 0 Å². The molecule has 17 heavy (non-hydrogen) atoms. The van der Waals surface area contributed by atoms with Crippen LogP contribution in [0.4, 0.5) is 5.82 Å². The van der Waals surface area contributed by atoms with E-state index in [1.54, 1.807) is 6.92 Å². The van der Waals surface area contributed by atoms with Crippen molar-refractivity contribution < 1.29 is 0 Å². The summed E-state index contributed by atoms with van der Waals surface area (Å²) in [5.41, 5.74) is 7.69. The summed E-state index contributed by atoms with van der Waals surface area (Å²) in [5.74, 6) is 0.290. The van der Waals surface area contributed by atoms with E-state index in [0.717, 1.165) is 5.56 Å². The molecule has 2 aromatic rings. The number of nitriles is 1. The number of aromatic nitrogens is 1. The van der Waals surface area contributed by atoms with Gasteiger partial charge in [0.1, 0.15) is 17.5 Å². The van der Waals surface area contributed by atoms with E-state index in [4.69, 9.17) is 11.0 Å². The number of nitrogens with one attached hydrogen (secondary N) is 1. The molecule has 0 spiro atoms. The molecule has 2 rings (SSSR count). The highest BCUT2D eigenvalue weighted by Crippen LogP contribution is 2.27. The maximum Gasteiger partial charge on any atom is 0.267 e. The van der Waals surface area contributed by atoms with E-state index < -0.39 is 5.56 Å². The minimum absolute atomic E-state index is 0.109. The normalized spacial score (nSPS) is 9.88. The van der Waals surface area contributed by atoms with Crippen molar-refractivity contribution in [3.05, 3.63) is 51.8 Å². The Bertz CT molecular complexity index is 651. The first-order valence-corrected chi connectivity index (χ1v) is 5.13. The number of nitrogens with two attached hydrogens (primary N) is 1. The van der Waals surface area contributed by atoms with Crippen LogP contribution in [0.5, 0.6) is 0 Å². The Labute approximate surface area is 98.3 Å². The lowest BCUT2D eigenvalue weighted by Gasteiger charge is -2.10. The Morgan fingerprint density at radius 1 is 1.29 bits per heavy atom. The molecule has 0 aliphatic carbocycles. The molecule has 0 radical (unpaired) electrons. The van der Waals surface area contributed by atoms with Crippen LogP contribution >= 0.6 is 0 Å². The molecule has 1 heterocycles. The van der Waals surface area contributed by atoms with Crippen molar-refractivity contribution >= 4 is 5.82 Å². The number of nitrogen functional groups attached to an aromatic ring is 1. The maximum atomic E-state index is 11.5. The number of hydrogen-bond acceptors (Lipinski definition) is 3. The highest BCUT2D eigenvalue weighted by Gasteiger charge is 2.13. The van der Waals surface area contributed by atoms with Crippen LogP contribution < -0.4 is 11.3 Å². The van der Waals surface area contributed by atoms with Crippen molar-refractivity contribution in [2.75, 3.05) is 5.73 Å². The lowest BCUT2D eigenvalue weighted by molar-refractivity contribution is 1.19. The van der Waals surface area contributed by atoms with Gasteiger partial charge < -0.3 is 10.7 Å². The molecule has 0 saturated carbocycles. The first-order valence-electron chi connectivity index (χ1n) is 5.13. The third-order valence-corrected chi connectivity index (χ3v) is 2.67. The van der Waals surface area contributed by atoms with Crippen LogP contribution in [-0.2, 0) is 0 Å². The first kappa shape index (κ1) is 11.0. The molecular weight excluding hydrogens is 214 g/mol. The van der Waals surface area contributed by atoms with E-state index in [9.17, 15) is 4.79 Å². The van der Waals surface area contributed by atoms with Crippen LogP contribution in [0.2, 0.25) is 0 Å². The van der Waals surface area contributed by atoms with E-state index in [1.165, 1.54) is 0 Å². The quantitative estimate of drug-likeness (QED) is 0.776. The van der Waals surface area contributed by atoms with Gasteiger partial charge in [0.05, 0.1) is 0 Å². The minimum atomic E-state index is -0.442. The fraction of sp³-hybridized carbons (Fsp3) is 0.0769. The molecule has 0 fully saturated rings. The average molecular weight is 225 g/mol. The molecule has 1 aromatic carbocycles. The second-order valence-corrected chi connectivity index (χ2v) is 3.72. The summed E-state index contributed by atoms with van der Waals surface area (Å²) in [7, 11) is 0. The number of pyridine rings is 1. The molecule has 4 nitrogen and oxygen atoms in total. The van der Waals surface area contributed by atoms with Gasteiger partial charge in [0, 0.05) is 5.56 Å². The van der Waals surface area contributed by atoms with Crippen LogP contribution in [0.25, 0.3) is 11.1 Å². The van der Waals surface area contributed by atoms with Crippen LogP contribution in [-0.4, -0.2) is 4.98 Å². The molecule has 0 aliphatic rings. The molecule has 0 saturated heterocycles. The Morgan fingerprint density at radius 3 is 2.53 bits per heavy atom. The van der Waals surface area contributed by atoms with Crippen LogP contribution in [0.15, 0.2) is 35.1 Å². The van der Waals surface area contributed by atoms with Gasteiger partial charge in [-0.1, -0.05) is 30.3 Å². The number of H-pyrrole nitrogens is 1. The lowest BCUT2D eigenvalue weighted by atomic mass is 9.98. The predicted octanol–water partition coefficient (Wildman–Crippen LogP) is 1.80. The number of aromatic amines is 1. The minimum Gasteiger partial charge on any atom is -0.385 e. The second-order valence-electron chi connectivity index (χ2n) is 3.72. The highest BCUT2D eigenvalue weighted by atomic mass is 16.1. The lowest BCUT2D eigenvalue weighted by Crippen LogP contribution is -2.15. The van der Waals surface area contributed by atoms with Crippen LogP contribution in [0.1, 0.15) is 11.1 Å². The molecule has 0 aliphatic heterocycles. The zero-order chi connectivity index (χ0) is 12.4. The molecule has 0 amide bonds. The molecule has 0 unspecified atom stereocenters. The standard InChI is InChI=1S/C13H11N3O/c1-8-10(7-14)13(17)16-12(15)11(8)9-5-3-2-4-6-9/h2-6H,1H3,(H3,15,16,17). The Hall–Kier alpha value is -2.54. The highest BCUT2D eigenvalue weighted by molar-refractivity contribution is 5.78. The Kier molecular flexibility index (Phi) is 2.67. The van der Waals surface area contributed by atoms with Gasteiger partial charge in [0.15, 0.2) is 0 Å². The summed E-state index contributed by atoms with van der Waals surface area (Å²) in [6.07, 6.45) is 0. The summed E-state index contributed by atoms with van der Waals surface area (Å²) in [6.45, 7) is 1.73. The first-order chi connectivity index (χ1) is 8.15. The molecule has 3 N–H and O–H groups in total. The smallest absolute Gasteiger partial charge is 0.267 e. The number of anilines is 1. The van der Waals surface area contributed by atoms with Crippen LogP contribution in [0.3, 0.4) is 0 Å². The zero-order valence-electron chi connectivity index (χ0n) is 9.32. The van der Waals surface area contributed by atoms with Crippen molar-refractivity contribution in [2.45, 2.75) is 6.92 Å². The number of nitrogens with zero attached hydrogens (tertiary/aromatic N) is 1. The van der Waals surface area contributed by atoms with Crippen molar-refractivity contribution in [2.24, 2.45) is 0 Å². The van der Waals surface area contributed by atoms with Gasteiger partial charge in [0.2, 0.25) is 0 Å². The molecular formula is C13H11N3O. The summed E-state index contributed by atoms with van der Waals surface area (Å²) in [4.78, 5) is 14.0. The van der Waals surface area contributed by atoms with Crippen molar-refractivity contribution in [1.29, 1.82) is 5.26 Å². The van der Waals surface area contributed by atoms with Gasteiger partial charge in [-0.25, -0.2) is 0 Å². The summed E-state index contributed by atoms with van der Waals surface area (Å²) in [6, 6.07) is 11.3. The number of benzene rings is 1. The topological polar surface area (TPSA) is 82.7 Å².